The van der Waals surface area contributed by atoms with Crippen LogP contribution in [0.4, 0.5) is 10.1 Å². The fourth-order valence-electron chi connectivity index (χ4n) is 2.98. The molecule has 0 radical (unpaired) electrons. The standard InChI is InChI=1S/C19H20FN3O6S/c20-14-3-5-15(6-4-14)21-17(24)12-30(27,28)13-18(25)22-7-9-23(10-8-22)19(26)16-2-1-11-29-16/h1-6,11H,7-10,12-13H2,(H,21,24). The third kappa shape index (κ3) is 5.66. The number of piperazine rings is 1. The van der Waals surface area contributed by atoms with Crippen molar-refractivity contribution >= 4 is 33.2 Å². The summed E-state index contributed by atoms with van der Waals surface area (Å²) in [4.78, 5) is 39.4. The Kier molecular flexibility index (Phi) is 6.50. The van der Waals surface area contributed by atoms with Gasteiger partial charge in [0, 0.05) is 31.9 Å². The lowest BCUT2D eigenvalue weighted by molar-refractivity contribution is -0.129. The van der Waals surface area contributed by atoms with Crippen LogP contribution in [0.15, 0.2) is 47.1 Å². The van der Waals surface area contributed by atoms with E-state index in [4.69, 9.17) is 4.42 Å². The van der Waals surface area contributed by atoms with Gasteiger partial charge in [0.05, 0.1) is 6.26 Å². The summed E-state index contributed by atoms with van der Waals surface area (Å²) in [6.07, 6.45) is 1.39. The summed E-state index contributed by atoms with van der Waals surface area (Å²) in [5, 5.41) is 2.35. The molecule has 3 amide bonds. The van der Waals surface area contributed by atoms with Gasteiger partial charge in [-0.3, -0.25) is 14.4 Å². The van der Waals surface area contributed by atoms with Crippen LogP contribution in [0, 0.1) is 5.82 Å². The Morgan fingerprint density at radius 1 is 0.967 bits per heavy atom. The van der Waals surface area contributed by atoms with Crippen LogP contribution in [-0.2, 0) is 19.4 Å². The molecule has 0 unspecified atom stereocenters. The van der Waals surface area contributed by atoms with Gasteiger partial charge in [-0.05, 0) is 36.4 Å². The number of hydrogen-bond acceptors (Lipinski definition) is 6. The van der Waals surface area contributed by atoms with E-state index in [2.05, 4.69) is 5.32 Å². The van der Waals surface area contributed by atoms with E-state index in [0.717, 1.165) is 12.1 Å². The molecule has 0 atom stereocenters. The van der Waals surface area contributed by atoms with Gasteiger partial charge in [0.1, 0.15) is 17.3 Å². The maximum atomic E-state index is 12.9. The van der Waals surface area contributed by atoms with E-state index in [-0.39, 0.29) is 43.5 Å². The van der Waals surface area contributed by atoms with Crippen LogP contribution in [0.5, 0.6) is 0 Å². The second-order valence-corrected chi connectivity index (χ2v) is 8.80. The van der Waals surface area contributed by atoms with Crippen molar-refractivity contribution in [2.24, 2.45) is 0 Å². The molecule has 2 aromatic rings. The zero-order valence-corrected chi connectivity index (χ0v) is 16.7. The molecule has 30 heavy (non-hydrogen) atoms. The molecule has 1 N–H and O–H groups in total. The number of nitrogens with one attached hydrogen (secondary N) is 1. The van der Waals surface area contributed by atoms with Crippen molar-refractivity contribution in [1.82, 2.24) is 9.80 Å². The van der Waals surface area contributed by atoms with Crippen molar-refractivity contribution < 1.29 is 31.6 Å². The lowest BCUT2D eigenvalue weighted by atomic mass is 10.3. The molecular weight excluding hydrogens is 417 g/mol. The molecule has 1 fully saturated rings. The molecule has 0 saturated carbocycles. The van der Waals surface area contributed by atoms with Crippen molar-refractivity contribution in [1.29, 1.82) is 0 Å². The molecule has 11 heteroatoms. The molecule has 0 aliphatic carbocycles. The highest BCUT2D eigenvalue weighted by molar-refractivity contribution is 7.92. The lowest BCUT2D eigenvalue weighted by Crippen LogP contribution is -2.52. The topological polar surface area (TPSA) is 117 Å². The number of hydrogen-bond donors (Lipinski definition) is 1. The number of carbonyl (C=O) groups is 3. The minimum Gasteiger partial charge on any atom is -0.459 e. The van der Waals surface area contributed by atoms with E-state index in [1.54, 1.807) is 12.1 Å². The maximum absolute atomic E-state index is 12.9. The van der Waals surface area contributed by atoms with Gasteiger partial charge < -0.3 is 19.5 Å². The number of sulfone groups is 1. The largest absolute Gasteiger partial charge is 0.459 e. The minimum atomic E-state index is -4.00. The summed E-state index contributed by atoms with van der Waals surface area (Å²) < 4.78 is 42.4. The van der Waals surface area contributed by atoms with Crippen LogP contribution < -0.4 is 5.32 Å². The number of halogens is 1. The van der Waals surface area contributed by atoms with E-state index >= 15 is 0 Å². The van der Waals surface area contributed by atoms with E-state index in [9.17, 15) is 27.2 Å². The first kappa shape index (κ1) is 21.5. The molecule has 3 rings (SSSR count). The second-order valence-electron chi connectivity index (χ2n) is 6.74. The third-order valence-electron chi connectivity index (χ3n) is 4.47. The summed E-state index contributed by atoms with van der Waals surface area (Å²) in [6, 6.07) is 8.00. The van der Waals surface area contributed by atoms with Crippen LogP contribution in [0.2, 0.25) is 0 Å². The summed E-state index contributed by atoms with van der Waals surface area (Å²) in [6.45, 7) is 0.859. The Morgan fingerprint density at radius 3 is 2.20 bits per heavy atom. The summed E-state index contributed by atoms with van der Waals surface area (Å²) in [7, 11) is -4.00. The van der Waals surface area contributed by atoms with E-state index in [0.29, 0.717) is 0 Å². The van der Waals surface area contributed by atoms with E-state index < -0.39 is 39.0 Å². The Balaban J connectivity index is 1.48. The van der Waals surface area contributed by atoms with Crippen molar-refractivity contribution in [3.05, 3.63) is 54.2 Å². The zero-order valence-electron chi connectivity index (χ0n) is 15.9. The van der Waals surface area contributed by atoms with Gasteiger partial charge in [0.2, 0.25) is 11.8 Å². The predicted octanol–water partition coefficient (Wildman–Crippen LogP) is 0.757. The quantitative estimate of drug-likeness (QED) is 0.713. The Hall–Kier alpha value is -3.21. The fourth-order valence-corrected chi connectivity index (χ4v) is 4.11. The van der Waals surface area contributed by atoms with Crippen molar-refractivity contribution in [3.63, 3.8) is 0 Å². The van der Waals surface area contributed by atoms with Crippen LogP contribution in [0.25, 0.3) is 0 Å². The smallest absolute Gasteiger partial charge is 0.289 e. The molecule has 0 bridgehead atoms. The van der Waals surface area contributed by atoms with E-state index in [1.807, 2.05) is 0 Å². The highest BCUT2D eigenvalue weighted by Gasteiger charge is 2.29. The number of carbonyl (C=O) groups excluding carboxylic acids is 3. The molecule has 9 nitrogen and oxygen atoms in total. The first-order valence-electron chi connectivity index (χ1n) is 9.10. The third-order valence-corrected chi connectivity index (χ3v) is 5.86. The van der Waals surface area contributed by atoms with Crippen LogP contribution in [0.3, 0.4) is 0 Å². The van der Waals surface area contributed by atoms with Crippen LogP contribution in [-0.4, -0.2) is 73.6 Å². The summed E-state index contributed by atoms with van der Waals surface area (Å²) in [5.41, 5.74) is 0.250. The van der Waals surface area contributed by atoms with Crippen molar-refractivity contribution in [2.75, 3.05) is 43.0 Å². The van der Waals surface area contributed by atoms with Crippen LogP contribution >= 0.6 is 0 Å². The number of benzene rings is 1. The highest BCUT2D eigenvalue weighted by atomic mass is 32.2. The normalized spacial score (nSPS) is 14.4. The number of nitrogens with zero attached hydrogens (tertiary/aromatic N) is 2. The van der Waals surface area contributed by atoms with Gasteiger partial charge in [-0.1, -0.05) is 0 Å². The zero-order chi connectivity index (χ0) is 21.7. The minimum absolute atomic E-state index is 0.183. The second kappa shape index (κ2) is 9.08. The monoisotopic (exact) mass is 437 g/mol. The summed E-state index contributed by atoms with van der Waals surface area (Å²) in [5.74, 6) is -3.71. The molecule has 1 aliphatic heterocycles. The van der Waals surface area contributed by atoms with Gasteiger partial charge in [0.15, 0.2) is 15.6 Å². The highest BCUT2D eigenvalue weighted by Crippen LogP contribution is 2.11. The molecule has 160 valence electrons. The summed E-state index contributed by atoms with van der Waals surface area (Å²) >= 11 is 0. The van der Waals surface area contributed by atoms with Crippen LogP contribution in [0.1, 0.15) is 10.6 Å². The number of anilines is 1. The lowest BCUT2D eigenvalue weighted by Gasteiger charge is -2.34. The van der Waals surface area contributed by atoms with Gasteiger partial charge >= 0.3 is 0 Å². The molecular formula is C19H20FN3O6S. The van der Waals surface area contributed by atoms with Crippen molar-refractivity contribution in [2.45, 2.75) is 0 Å². The predicted molar refractivity (Wildman–Crippen MR) is 105 cm³/mol. The van der Waals surface area contributed by atoms with Crippen molar-refractivity contribution in [3.8, 4) is 0 Å². The molecule has 0 spiro atoms. The average Bonchev–Trinajstić information content (AvgIpc) is 3.23. The molecule has 1 saturated heterocycles. The van der Waals surface area contributed by atoms with Gasteiger partial charge in [-0.25, -0.2) is 12.8 Å². The molecule has 1 aliphatic rings. The average molecular weight is 437 g/mol. The number of rotatable bonds is 6. The number of amides is 3. The fraction of sp³-hybridized carbons (Fsp3) is 0.316. The maximum Gasteiger partial charge on any atom is 0.289 e. The van der Waals surface area contributed by atoms with E-state index in [1.165, 1.54) is 28.2 Å². The SMILES string of the molecule is O=C(CS(=O)(=O)CC(=O)N1CCN(C(=O)c2ccco2)CC1)Nc1ccc(F)cc1. The Bertz CT molecular complexity index is 1010. The molecule has 2 heterocycles. The molecule has 1 aromatic heterocycles. The van der Waals surface area contributed by atoms with Gasteiger partial charge in [-0.15, -0.1) is 0 Å². The Labute approximate surface area is 172 Å². The first-order valence-corrected chi connectivity index (χ1v) is 10.9. The molecule has 1 aromatic carbocycles. The first-order chi connectivity index (χ1) is 14.2. The van der Waals surface area contributed by atoms with Gasteiger partial charge in [0.25, 0.3) is 5.91 Å². The Morgan fingerprint density at radius 2 is 1.60 bits per heavy atom. The number of furan rings is 1. The van der Waals surface area contributed by atoms with Gasteiger partial charge in [-0.2, -0.15) is 0 Å².